The van der Waals surface area contributed by atoms with E-state index in [0.717, 1.165) is 0 Å². The fraction of sp³-hybridized carbons (Fsp3) is 0.100. The average Bonchev–Trinajstić information content (AvgIpc) is 2.69. The highest BCUT2D eigenvalue weighted by Gasteiger charge is 2.37. The Morgan fingerprint density at radius 1 is 0.759 bits per heavy atom. The third kappa shape index (κ3) is 6.60. The van der Waals surface area contributed by atoms with Crippen LogP contribution in [0, 0.1) is 0 Å². The molecule has 9 heteroatoms. The minimum atomic E-state index is -6.09. The van der Waals surface area contributed by atoms with Crippen molar-refractivity contribution in [1.82, 2.24) is 0 Å². The normalized spacial score (nSPS) is 11.7. The first-order valence-corrected chi connectivity index (χ1v) is 10.9. The fourth-order valence-corrected chi connectivity index (χ4v) is 4.37. The summed E-state index contributed by atoms with van der Waals surface area (Å²) in [5, 5.41) is 0. The second kappa shape index (κ2) is 9.93. The summed E-state index contributed by atoms with van der Waals surface area (Å²) in [6.45, 7) is 0.588. The third-order valence-electron chi connectivity index (χ3n) is 3.64. The van der Waals surface area contributed by atoms with E-state index in [1.807, 2.05) is 0 Å². The quantitative estimate of drug-likeness (QED) is 0.372. The smallest absolute Gasteiger partial charge is 0.485 e. The Morgan fingerprint density at radius 3 is 1.41 bits per heavy atom. The van der Waals surface area contributed by atoms with Gasteiger partial charge in [0.15, 0.2) is 24.8 Å². The first-order valence-electron chi connectivity index (χ1n) is 8.29. The summed E-state index contributed by atoms with van der Waals surface area (Å²) in [7, 11) is -6.16. The van der Waals surface area contributed by atoms with E-state index in [1.165, 1.54) is 20.2 Å². The number of hydrogen-bond acceptors (Lipinski definition) is 4. The summed E-state index contributed by atoms with van der Waals surface area (Å²) in [4.78, 5) is 4.00. The first kappa shape index (κ1) is 23.0. The van der Waals surface area contributed by atoms with E-state index in [4.69, 9.17) is 18.7 Å². The van der Waals surface area contributed by atoms with Gasteiger partial charge in [0.25, 0.3) is 0 Å². The molecular formula is C20H18F3NO3S2. The predicted octanol–water partition coefficient (Wildman–Crippen LogP) is 4.29. The number of nitrogens with two attached hydrogens (primary N) is 1. The number of alkyl halides is 3. The van der Waals surface area contributed by atoms with Crippen molar-refractivity contribution in [2.45, 2.75) is 26.7 Å². The molecule has 3 aromatic rings. The van der Waals surface area contributed by atoms with Crippen molar-refractivity contribution in [3.63, 3.8) is 0 Å². The Hall–Kier alpha value is -2.33. The lowest BCUT2D eigenvalue weighted by atomic mass is 10.2. The zero-order valence-electron chi connectivity index (χ0n) is 15.0. The van der Waals surface area contributed by atoms with Crippen molar-refractivity contribution in [1.29, 1.82) is 0 Å². The molecule has 3 rings (SSSR count). The van der Waals surface area contributed by atoms with E-state index >= 15 is 0 Å². The SMILES string of the molecule is NCc1ccc([S+](c2ccccc2)c2ccccc2)cc1.O=S(=O)([O-])C(F)(F)F. The van der Waals surface area contributed by atoms with E-state index in [1.54, 1.807) is 0 Å². The summed E-state index contributed by atoms with van der Waals surface area (Å²) in [6.07, 6.45) is 0. The average molecular weight is 441 g/mol. The molecule has 0 spiro atoms. The second-order valence-corrected chi connectivity index (χ2v) is 9.08. The minimum Gasteiger partial charge on any atom is -0.741 e. The maximum Gasteiger partial charge on any atom is 0.485 e. The van der Waals surface area contributed by atoms with Crippen molar-refractivity contribution in [2.75, 3.05) is 0 Å². The highest BCUT2D eigenvalue weighted by molar-refractivity contribution is 7.97. The summed E-state index contributed by atoms with van der Waals surface area (Å²) in [6, 6.07) is 30.0. The van der Waals surface area contributed by atoms with E-state index in [-0.39, 0.29) is 10.9 Å². The van der Waals surface area contributed by atoms with Gasteiger partial charge in [-0.05, 0) is 42.0 Å². The van der Waals surface area contributed by atoms with Crippen molar-refractivity contribution in [3.05, 3.63) is 90.5 Å². The Balaban J connectivity index is 0.000000321. The molecule has 3 aromatic carbocycles. The fourth-order valence-electron chi connectivity index (χ4n) is 2.28. The molecule has 0 radical (unpaired) electrons. The van der Waals surface area contributed by atoms with Crippen LogP contribution in [0.15, 0.2) is 99.6 Å². The Labute approximate surface area is 170 Å². The Bertz CT molecular complexity index is 955. The van der Waals surface area contributed by atoms with Crippen LogP contribution in [0.25, 0.3) is 0 Å². The van der Waals surface area contributed by atoms with Gasteiger partial charge in [0.2, 0.25) is 0 Å². The van der Waals surface area contributed by atoms with Gasteiger partial charge in [0, 0.05) is 6.54 Å². The van der Waals surface area contributed by atoms with Crippen molar-refractivity contribution in [3.8, 4) is 0 Å². The van der Waals surface area contributed by atoms with Gasteiger partial charge in [0.1, 0.15) is 0 Å². The first-order chi connectivity index (χ1) is 13.6. The molecule has 0 saturated carbocycles. The molecule has 0 aliphatic rings. The van der Waals surface area contributed by atoms with Crippen LogP contribution in [0.4, 0.5) is 13.2 Å². The molecule has 0 fully saturated rings. The van der Waals surface area contributed by atoms with Gasteiger partial charge in [-0.15, -0.1) is 0 Å². The van der Waals surface area contributed by atoms with E-state index in [2.05, 4.69) is 84.9 Å². The van der Waals surface area contributed by atoms with Gasteiger partial charge >= 0.3 is 5.51 Å². The lowest BCUT2D eigenvalue weighted by Gasteiger charge is -2.08. The van der Waals surface area contributed by atoms with Crippen LogP contribution in [-0.4, -0.2) is 18.5 Å². The molecule has 154 valence electrons. The molecule has 2 N–H and O–H groups in total. The molecule has 0 aliphatic carbocycles. The number of rotatable bonds is 4. The summed E-state index contributed by atoms with van der Waals surface area (Å²) in [5.41, 5.74) is 1.22. The van der Waals surface area contributed by atoms with Gasteiger partial charge in [-0.3, -0.25) is 0 Å². The van der Waals surface area contributed by atoms with E-state index in [0.29, 0.717) is 6.54 Å². The molecule has 0 heterocycles. The summed E-state index contributed by atoms with van der Waals surface area (Å²) >= 11 is 0. The molecular weight excluding hydrogens is 423 g/mol. The van der Waals surface area contributed by atoms with Gasteiger partial charge < -0.3 is 10.3 Å². The van der Waals surface area contributed by atoms with Crippen LogP contribution in [0.3, 0.4) is 0 Å². The molecule has 0 unspecified atom stereocenters. The largest absolute Gasteiger partial charge is 0.741 e. The highest BCUT2D eigenvalue weighted by Crippen LogP contribution is 2.30. The lowest BCUT2D eigenvalue weighted by Crippen LogP contribution is -2.21. The third-order valence-corrected chi connectivity index (χ3v) is 6.43. The van der Waals surface area contributed by atoms with Crippen molar-refractivity contribution < 1.29 is 26.1 Å². The highest BCUT2D eigenvalue weighted by atomic mass is 32.2. The second-order valence-electron chi connectivity index (χ2n) is 5.68. The molecule has 29 heavy (non-hydrogen) atoms. The number of hydrogen-bond donors (Lipinski definition) is 1. The van der Waals surface area contributed by atoms with E-state index < -0.39 is 15.6 Å². The molecule has 0 atom stereocenters. The lowest BCUT2D eigenvalue weighted by molar-refractivity contribution is -0.0517. The van der Waals surface area contributed by atoms with Crippen LogP contribution < -0.4 is 5.73 Å². The van der Waals surface area contributed by atoms with Gasteiger partial charge in [-0.1, -0.05) is 48.5 Å². The van der Waals surface area contributed by atoms with Gasteiger partial charge in [0.05, 0.1) is 10.9 Å². The van der Waals surface area contributed by atoms with Gasteiger partial charge in [-0.25, -0.2) is 8.42 Å². The summed E-state index contributed by atoms with van der Waals surface area (Å²) < 4.78 is 58.9. The van der Waals surface area contributed by atoms with Crippen molar-refractivity contribution >= 4 is 21.0 Å². The van der Waals surface area contributed by atoms with Crippen molar-refractivity contribution in [2.24, 2.45) is 5.73 Å². The molecule has 0 amide bonds. The molecule has 0 bridgehead atoms. The van der Waals surface area contributed by atoms with Crippen LogP contribution >= 0.6 is 0 Å². The minimum absolute atomic E-state index is 0.0657. The Kier molecular flexibility index (Phi) is 7.86. The molecule has 0 saturated heterocycles. The maximum absolute atomic E-state index is 10.7. The van der Waals surface area contributed by atoms with Crippen LogP contribution in [0.5, 0.6) is 0 Å². The van der Waals surface area contributed by atoms with Gasteiger partial charge in [-0.2, -0.15) is 13.2 Å². The van der Waals surface area contributed by atoms with Crippen LogP contribution in [0.2, 0.25) is 0 Å². The standard InChI is InChI=1S/C19H18NS.CHF3O3S/c20-15-16-11-13-19(14-12-16)21(17-7-3-1-4-8-17)18-9-5-2-6-10-18;2-1(3,4)8(5,6)7/h1-14H,15,20H2;(H,5,6,7)/q+1;/p-1. The van der Waals surface area contributed by atoms with Crippen LogP contribution in [0.1, 0.15) is 5.56 Å². The molecule has 0 aromatic heterocycles. The zero-order valence-corrected chi connectivity index (χ0v) is 16.7. The van der Waals surface area contributed by atoms with Crippen LogP contribution in [-0.2, 0) is 27.6 Å². The van der Waals surface area contributed by atoms with E-state index in [9.17, 15) is 13.2 Å². The number of halogens is 3. The zero-order chi connectivity index (χ0) is 21.5. The maximum atomic E-state index is 10.7. The Morgan fingerprint density at radius 2 is 1.10 bits per heavy atom. The topological polar surface area (TPSA) is 83.2 Å². The summed E-state index contributed by atoms with van der Waals surface area (Å²) in [5.74, 6) is 0. The monoisotopic (exact) mass is 441 g/mol. The molecule has 4 nitrogen and oxygen atoms in total. The number of benzene rings is 3. The predicted molar refractivity (Wildman–Crippen MR) is 105 cm³/mol. The molecule has 0 aliphatic heterocycles.